The molecule has 20 heavy (non-hydrogen) atoms. The van der Waals surface area contributed by atoms with Crippen LogP contribution in [0.4, 0.5) is 5.82 Å². The second kappa shape index (κ2) is 5.80. The highest BCUT2D eigenvalue weighted by atomic mass is 15.2. The van der Waals surface area contributed by atoms with Gasteiger partial charge in [-0.2, -0.15) is 5.26 Å². The molecule has 4 heteroatoms. The van der Waals surface area contributed by atoms with Crippen LogP contribution in [0.3, 0.4) is 0 Å². The van der Waals surface area contributed by atoms with Crippen molar-refractivity contribution >= 4 is 5.82 Å². The Balaban J connectivity index is 1.79. The van der Waals surface area contributed by atoms with Gasteiger partial charge in [-0.3, -0.25) is 0 Å². The van der Waals surface area contributed by atoms with Gasteiger partial charge in [0.2, 0.25) is 0 Å². The van der Waals surface area contributed by atoms with Crippen LogP contribution in [0.25, 0.3) is 0 Å². The van der Waals surface area contributed by atoms with E-state index in [4.69, 9.17) is 5.26 Å². The van der Waals surface area contributed by atoms with Gasteiger partial charge >= 0.3 is 0 Å². The summed E-state index contributed by atoms with van der Waals surface area (Å²) in [6, 6.07) is 6.60. The third kappa shape index (κ3) is 3.29. The summed E-state index contributed by atoms with van der Waals surface area (Å²) < 4.78 is 0. The van der Waals surface area contributed by atoms with Crippen molar-refractivity contribution in [3.8, 4) is 6.07 Å². The average Bonchev–Trinajstić information content (AvgIpc) is 3.11. The number of nitrogens with zero attached hydrogens (tertiary/aromatic N) is 3. The van der Waals surface area contributed by atoms with E-state index < -0.39 is 0 Å². The zero-order valence-electron chi connectivity index (χ0n) is 12.1. The number of hydrogen-bond acceptors (Lipinski definition) is 4. The van der Waals surface area contributed by atoms with E-state index in [1.165, 1.54) is 25.7 Å². The van der Waals surface area contributed by atoms with E-state index in [1.54, 1.807) is 0 Å². The minimum atomic E-state index is 0.571. The maximum absolute atomic E-state index is 9.14. The Morgan fingerprint density at radius 2 is 2.20 bits per heavy atom. The topological polar surface area (TPSA) is 52.0 Å². The van der Waals surface area contributed by atoms with Crippen LogP contribution in [0.15, 0.2) is 12.1 Å². The van der Waals surface area contributed by atoms with E-state index in [2.05, 4.69) is 21.3 Å². The fraction of sp³-hybridized carbons (Fsp3) is 0.625. The first kappa shape index (κ1) is 13.4. The third-order valence-corrected chi connectivity index (χ3v) is 4.17. The van der Waals surface area contributed by atoms with Gasteiger partial charge in [0.05, 0.1) is 11.6 Å². The molecule has 106 valence electrons. The first-order chi connectivity index (χ1) is 9.74. The molecule has 1 aromatic heterocycles. The summed E-state index contributed by atoms with van der Waals surface area (Å²) in [7, 11) is 0. The lowest BCUT2D eigenvalue weighted by Gasteiger charge is -2.27. The van der Waals surface area contributed by atoms with Gasteiger partial charge in [-0.15, -0.1) is 0 Å². The predicted molar refractivity (Wildman–Crippen MR) is 79.7 cm³/mol. The van der Waals surface area contributed by atoms with Crippen molar-refractivity contribution in [1.29, 1.82) is 5.26 Å². The van der Waals surface area contributed by atoms with Crippen molar-refractivity contribution in [2.24, 2.45) is 5.92 Å². The maximum Gasteiger partial charge on any atom is 0.130 e. The second-order valence-electron chi connectivity index (χ2n) is 6.11. The molecule has 1 N–H and O–H groups in total. The van der Waals surface area contributed by atoms with Gasteiger partial charge in [0.15, 0.2) is 0 Å². The highest BCUT2D eigenvalue weighted by Crippen LogP contribution is 2.31. The Bertz CT molecular complexity index is 510. The molecule has 0 amide bonds. The van der Waals surface area contributed by atoms with Crippen LogP contribution in [0, 0.1) is 24.2 Å². The molecule has 2 aliphatic rings. The molecular formula is C16H22N4. The van der Waals surface area contributed by atoms with Crippen LogP contribution in [-0.4, -0.2) is 30.7 Å². The van der Waals surface area contributed by atoms with Crippen molar-refractivity contribution in [3.63, 3.8) is 0 Å². The third-order valence-electron chi connectivity index (χ3n) is 4.17. The summed E-state index contributed by atoms with van der Waals surface area (Å²) >= 11 is 0. The molecule has 1 atom stereocenters. The van der Waals surface area contributed by atoms with Crippen molar-refractivity contribution < 1.29 is 0 Å². The molecular weight excluding hydrogens is 248 g/mol. The fourth-order valence-electron chi connectivity index (χ4n) is 2.93. The minimum Gasteiger partial charge on any atom is -0.355 e. The number of rotatable bonds is 5. The molecule has 3 rings (SSSR count). The van der Waals surface area contributed by atoms with Gasteiger partial charge in [-0.25, -0.2) is 4.98 Å². The average molecular weight is 270 g/mol. The summed E-state index contributed by atoms with van der Waals surface area (Å²) in [6.45, 7) is 5.19. The van der Waals surface area contributed by atoms with Crippen LogP contribution in [0.1, 0.15) is 36.9 Å². The summed E-state index contributed by atoms with van der Waals surface area (Å²) in [4.78, 5) is 7.04. The van der Waals surface area contributed by atoms with Gasteiger partial charge in [0.1, 0.15) is 5.82 Å². The molecule has 0 radical (unpaired) electrons. The van der Waals surface area contributed by atoms with Gasteiger partial charge in [0.25, 0.3) is 0 Å². The standard InChI is InChI=1S/C16H22N4/c1-12-7-14(9-17)8-16(19-12)20(10-13-4-5-13)11-15-3-2-6-18-15/h7-8,13,15,18H,2-6,10-11H2,1H3. The van der Waals surface area contributed by atoms with Crippen molar-refractivity contribution in [1.82, 2.24) is 10.3 Å². The fourth-order valence-corrected chi connectivity index (χ4v) is 2.93. The van der Waals surface area contributed by atoms with Crippen LogP contribution in [-0.2, 0) is 0 Å². The molecule has 1 aliphatic heterocycles. The van der Waals surface area contributed by atoms with E-state index in [-0.39, 0.29) is 0 Å². The first-order valence-electron chi connectivity index (χ1n) is 7.62. The molecule has 2 heterocycles. The second-order valence-corrected chi connectivity index (χ2v) is 6.11. The molecule has 1 aliphatic carbocycles. The Morgan fingerprint density at radius 3 is 2.85 bits per heavy atom. The highest BCUT2D eigenvalue weighted by Gasteiger charge is 2.27. The van der Waals surface area contributed by atoms with Crippen LogP contribution >= 0.6 is 0 Å². The number of pyridine rings is 1. The predicted octanol–water partition coefficient (Wildman–Crippen LogP) is 2.23. The Kier molecular flexibility index (Phi) is 3.88. The quantitative estimate of drug-likeness (QED) is 0.891. The monoisotopic (exact) mass is 270 g/mol. The first-order valence-corrected chi connectivity index (χ1v) is 7.62. The highest BCUT2D eigenvalue weighted by molar-refractivity contribution is 5.47. The van der Waals surface area contributed by atoms with E-state index in [0.717, 1.165) is 37.1 Å². The molecule has 1 unspecified atom stereocenters. The number of aromatic nitrogens is 1. The Morgan fingerprint density at radius 1 is 1.35 bits per heavy atom. The summed E-state index contributed by atoms with van der Waals surface area (Å²) in [5.74, 6) is 1.80. The summed E-state index contributed by atoms with van der Waals surface area (Å²) in [6.07, 6.45) is 5.20. The molecule has 4 nitrogen and oxygen atoms in total. The lowest BCUT2D eigenvalue weighted by atomic mass is 10.2. The van der Waals surface area contributed by atoms with Gasteiger partial charge in [-0.05, 0) is 57.2 Å². The number of hydrogen-bond donors (Lipinski definition) is 1. The molecule has 0 spiro atoms. The van der Waals surface area contributed by atoms with E-state index in [0.29, 0.717) is 11.6 Å². The van der Waals surface area contributed by atoms with Crippen molar-refractivity contribution in [2.75, 3.05) is 24.5 Å². The van der Waals surface area contributed by atoms with Crippen LogP contribution < -0.4 is 10.2 Å². The maximum atomic E-state index is 9.14. The molecule has 1 saturated heterocycles. The molecule has 1 aromatic rings. The Labute approximate surface area is 120 Å². The zero-order chi connectivity index (χ0) is 13.9. The van der Waals surface area contributed by atoms with Crippen LogP contribution in [0.2, 0.25) is 0 Å². The lowest BCUT2D eigenvalue weighted by Crippen LogP contribution is -2.39. The largest absolute Gasteiger partial charge is 0.355 e. The summed E-state index contributed by atoms with van der Waals surface area (Å²) in [5.41, 5.74) is 1.65. The van der Waals surface area contributed by atoms with Crippen molar-refractivity contribution in [3.05, 3.63) is 23.4 Å². The van der Waals surface area contributed by atoms with E-state index in [9.17, 15) is 0 Å². The van der Waals surface area contributed by atoms with Crippen LogP contribution in [0.5, 0.6) is 0 Å². The normalized spacial score (nSPS) is 21.7. The number of nitrogens with one attached hydrogen (secondary N) is 1. The smallest absolute Gasteiger partial charge is 0.130 e. The minimum absolute atomic E-state index is 0.571. The Hall–Kier alpha value is -1.60. The molecule has 1 saturated carbocycles. The molecule has 0 aromatic carbocycles. The molecule has 0 bridgehead atoms. The SMILES string of the molecule is Cc1cc(C#N)cc(N(CC2CC2)CC2CCCN2)n1. The number of nitriles is 1. The van der Waals surface area contributed by atoms with Crippen molar-refractivity contribution in [2.45, 2.75) is 38.6 Å². The van der Waals surface area contributed by atoms with E-state index >= 15 is 0 Å². The van der Waals surface area contributed by atoms with E-state index in [1.807, 2.05) is 19.1 Å². The van der Waals surface area contributed by atoms with Gasteiger partial charge in [-0.1, -0.05) is 0 Å². The summed E-state index contributed by atoms with van der Waals surface area (Å²) in [5, 5.41) is 12.7. The van der Waals surface area contributed by atoms with Gasteiger partial charge in [0, 0.05) is 24.8 Å². The number of aryl methyl sites for hydroxylation is 1. The number of anilines is 1. The van der Waals surface area contributed by atoms with Gasteiger partial charge < -0.3 is 10.2 Å². The lowest BCUT2D eigenvalue weighted by molar-refractivity contribution is 0.567. The zero-order valence-corrected chi connectivity index (χ0v) is 12.1. The molecule has 2 fully saturated rings.